The molecule has 1 aliphatic rings. The van der Waals surface area contributed by atoms with E-state index in [1.165, 1.54) is 24.3 Å². The number of nitrogens with one attached hydrogen (secondary N) is 1. The van der Waals surface area contributed by atoms with E-state index in [-0.39, 0.29) is 41.0 Å². The number of rotatable bonds is 1. The fourth-order valence-electron chi connectivity index (χ4n) is 6.22. The van der Waals surface area contributed by atoms with Crippen molar-refractivity contribution in [3.8, 4) is 22.8 Å². The summed E-state index contributed by atoms with van der Waals surface area (Å²) < 4.78 is 65.5. The van der Waals surface area contributed by atoms with Crippen LogP contribution in [0, 0.1) is 24.0 Å². The number of nitrogens with zero attached hydrogens (tertiary/aromatic N) is 2. The summed E-state index contributed by atoms with van der Waals surface area (Å²) in [5.74, 6) is -1.08. The van der Waals surface area contributed by atoms with Gasteiger partial charge in [0.25, 0.3) is 0 Å². The molecule has 5 aromatic rings. The molecule has 0 radical (unpaired) electrons. The minimum atomic E-state index is -3.50. The van der Waals surface area contributed by atoms with Crippen LogP contribution >= 0.6 is 0 Å². The Balaban J connectivity index is 1.47. The number of hydrogen-bond acceptors (Lipinski definition) is 4. The van der Waals surface area contributed by atoms with Gasteiger partial charge in [-0.1, -0.05) is 50.1 Å². The Hall–Kier alpha value is -3.98. The van der Waals surface area contributed by atoms with Crippen LogP contribution in [0.2, 0.25) is 0 Å². The molecule has 9 heteroatoms. The first kappa shape index (κ1) is 29.1. The van der Waals surface area contributed by atoms with Gasteiger partial charge in [-0.15, -0.1) is 0 Å². The van der Waals surface area contributed by atoms with Crippen molar-refractivity contribution in [3.63, 3.8) is 0 Å². The lowest BCUT2D eigenvalue weighted by molar-refractivity contribution is 0.343. The van der Waals surface area contributed by atoms with Gasteiger partial charge in [0.05, 0.1) is 23.2 Å². The van der Waals surface area contributed by atoms with Crippen molar-refractivity contribution < 1.29 is 21.9 Å². The third-order valence-electron chi connectivity index (χ3n) is 8.26. The first-order valence-corrected chi connectivity index (χ1v) is 16.4. The molecule has 3 heterocycles. The Kier molecular flexibility index (Phi) is 7.62. The Morgan fingerprint density at radius 2 is 1.88 bits per heavy atom. The number of benzene rings is 3. The second-order valence-corrected chi connectivity index (χ2v) is 14.5. The molecule has 4 bridgehead atoms. The van der Waals surface area contributed by atoms with Gasteiger partial charge in [0.15, 0.2) is 21.4 Å². The SMILES string of the molecule is Cc1cccc(C2CCCC(C)(C)CS(=O)(=O)CCc3c(c(F)cc4[nH]ccc34)Oc3ccc(F)c(c3)-c3ccn2n3)c1. The van der Waals surface area contributed by atoms with E-state index in [9.17, 15) is 8.42 Å². The number of hydrogen-bond donors (Lipinski definition) is 1. The van der Waals surface area contributed by atoms with Crippen LogP contribution in [0.15, 0.2) is 73.1 Å². The van der Waals surface area contributed by atoms with Crippen molar-refractivity contribution in [2.24, 2.45) is 5.41 Å². The predicted octanol–water partition coefficient (Wildman–Crippen LogP) is 8.17. The molecule has 0 saturated heterocycles. The van der Waals surface area contributed by atoms with Crippen LogP contribution in [-0.4, -0.2) is 34.7 Å². The number of fused-ring (bicyclic) bond motifs is 8. The standard InChI is InChI=1S/C34H35F2N3O3S/c1-22-6-4-7-23(18-22)32-8-5-14-34(2,3)21-43(40,41)17-13-26-25-11-15-37-31(25)20-29(36)33(26)42-24-9-10-28(35)27(19-24)30-12-16-39(32)38-30/h4,6-7,9-12,15-16,18-20,32,37H,5,8,13-14,17,21H2,1-3H3. The second-order valence-electron chi connectivity index (χ2n) is 12.4. The summed E-state index contributed by atoms with van der Waals surface area (Å²) in [5.41, 5.74) is 3.40. The molecule has 1 atom stereocenters. The molecule has 0 saturated carbocycles. The van der Waals surface area contributed by atoms with Gasteiger partial charge in [-0.05, 0) is 67.5 Å². The zero-order valence-corrected chi connectivity index (χ0v) is 25.3. The third kappa shape index (κ3) is 6.22. The molecule has 224 valence electrons. The number of halogens is 2. The van der Waals surface area contributed by atoms with E-state index in [0.29, 0.717) is 28.6 Å². The monoisotopic (exact) mass is 603 g/mol. The summed E-state index contributed by atoms with van der Waals surface area (Å²) in [4.78, 5) is 3.00. The van der Waals surface area contributed by atoms with Gasteiger partial charge in [0, 0.05) is 40.5 Å². The number of aryl methyl sites for hydroxylation is 2. The Labute approximate surface area is 250 Å². The van der Waals surface area contributed by atoms with E-state index in [0.717, 1.165) is 24.0 Å². The number of aromatic amines is 1. The maximum absolute atomic E-state index is 15.5. The van der Waals surface area contributed by atoms with Gasteiger partial charge in [0.2, 0.25) is 0 Å². The summed E-state index contributed by atoms with van der Waals surface area (Å²) in [6, 6.07) is 17.2. The highest BCUT2D eigenvalue weighted by molar-refractivity contribution is 7.91. The van der Waals surface area contributed by atoms with Gasteiger partial charge >= 0.3 is 0 Å². The molecule has 6 rings (SSSR count). The lowest BCUT2D eigenvalue weighted by atomic mass is 9.87. The minimum Gasteiger partial charge on any atom is -0.454 e. The maximum atomic E-state index is 15.5. The van der Waals surface area contributed by atoms with Gasteiger partial charge < -0.3 is 9.72 Å². The molecule has 0 fully saturated rings. The molecule has 3 aromatic carbocycles. The zero-order chi connectivity index (χ0) is 30.4. The van der Waals surface area contributed by atoms with E-state index in [1.807, 2.05) is 43.8 Å². The number of ether oxygens (including phenoxy) is 1. The zero-order valence-electron chi connectivity index (χ0n) is 24.5. The lowest BCUT2D eigenvalue weighted by Crippen LogP contribution is -2.27. The van der Waals surface area contributed by atoms with Crippen molar-refractivity contribution in [2.45, 2.75) is 52.5 Å². The summed E-state index contributed by atoms with van der Waals surface area (Å²) in [6.45, 7) is 6.00. The van der Waals surface area contributed by atoms with Crippen molar-refractivity contribution in [3.05, 3.63) is 101 Å². The summed E-state index contributed by atoms with van der Waals surface area (Å²) in [5, 5.41) is 5.48. The Bertz CT molecular complexity index is 1910. The highest BCUT2D eigenvalue weighted by Crippen LogP contribution is 2.38. The largest absolute Gasteiger partial charge is 0.454 e. The van der Waals surface area contributed by atoms with E-state index >= 15 is 8.78 Å². The van der Waals surface area contributed by atoms with E-state index in [1.54, 1.807) is 18.3 Å². The van der Waals surface area contributed by atoms with E-state index < -0.39 is 26.9 Å². The van der Waals surface area contributed by atoms with Crippen molar-refractivity contribution in [1.82, 2.24) is 14.8 Å². The highest BCUT2D eigenvalue weighted by atomic mass is 32.2. The first-order valence-electron chi connectivity index (χ1n) is 14.6. The van der Waals surface area contributed by atoms with Crippen LogP contribution in [0.25, 0.3) is 22.2 Å². The predicted molar refractivity (Wildman–Crippen MR) is 165 cm³/mol. The number of H-pyrrole nitrogens is 1. The second kappa shape index (κ2) is 11.3. The third-order valence-corrected chi connectivity index (χ3v) is 10.3. The van der Waals surface area contributed by atoms with Crippen LogP contribution in [-0.2, 0) is 16.3 Å². The van der Waals surface area contributed by atoms with Crippen LogP contribution in [0.4, 0.5) is 8.78 Å². The van der Waals surface area contributed by atoms with Crippen LogP contribution < -0.4 is 4.74 Å². The maximum Gasteiger partial charge on any atom is 0.168 e. The van der Waals surface area contributed by atoms with Crippen LogP contribution in [0.1, 0.15) is 55.8 Å². The van der Waals surface area contributed by atoms with Gasteiger partial charge in [0.1, 0.15) is 11.6 Å². The molecule has 1 N–H and O–H groups in total. The van der Waals surface area contributed by atoms with Gasteiger partial charge in [-0.2, -0.15) is 5.10 Å². The van der Waals surface area contributed by atoms with Crippen molar-refractivity contribution in [1.29, 1.82) is 0 Å². The first-order chi connectivity index (χ1) is 20.5. The molecule has 0 aliphatic carbocycles. The lowest BCUT2D eigenvalue weighted by Gasteiger charge is -2.26. The highest BCUT2D eigenvalue weighted by Gasteiger charge is 2.28. The molecule has 0 spiro atoms. The van der Waals surface area contributed by atoms with Gasteiger partial charge in [-0.3, -0.25) is 4.68 Å². The summed E-state index contributed by atoms with van der Waals surface area (Å²) in [6.07, 6.45) is 5.80. The fraction of sp³-hybridized carbons (Fsp3) is 0.324. The molecule has 0 amide bonds. The molecular weight excluding hydrogens is 568 g/mol. The topological polar surface area (TPSA) is 77.0 Å². The molecule has 43 heavy (non-hydrogen) atoms. The molecule has 2 aromatic heterocycles. The van der Waals surface area contributed by atoms with Crippen LogP contribution in [0.5, 0.6) is 11.5 Å². The molecule has 6 nitrogen and oxygen atoms in total. The number of aromatic nitrogens is 3. The van der Waals surface area contributed by atoms with E-state index in [2.05, 4.69) is 17.1 Å². The molecule has 1 aliphatic heterocycles. The molecular formula is C34H35F2N3O3S. The Morgan fingerprint density at radius 1 is 1.05 bits per heavy atom. The minimum absolute atomic E-state index is 0.0180. The summed E-state index contributed by atoms with van der Waals surface area (Å²) in [7, 11) is -3.50. The quantitative estimate of drug-likeness (QED) is 0.210. The van der Waals surface area contributed by atoms with Crippen LogP contribution in [0.3, 0.4) is 0 Å². The molecule has 1 unspecified atom stereocenters. The van der Waals surface area contributed by atoms with E-state index in [4.69, 9.17) is 9.84 Å². The fourth-order valence-corrected chi connectivity index (χ4v) is 8.21. The Morgan fingerprint density at radius 3 is 2.70 bits per heavy atom. The van der Waals surface area contributed by atoms with Crippen molar-refractivity contribution in [2.75, 3.05) is 11.5 Å². The summed E-state index contributed by atoms with van der Waals surface area (Å²) >= 11 is 0. The normalized spacial score (nSPS) is 18.8. The van der Waals surface area contributed by atoms with Crippen molar-refractivity contribution >= 4 is 20.7 Å². The smallest absolute Gasteiger partial charge is 0.168 e. The average molecular weight is 604 g/mol. The van der Waals surface area contributed by atoms with Gasteiger partial charge in [-0.25, -0.2) is 17.2 Å². The average Bonchev–Trinajstić information content (AvgIpc) is 3.61. The number of sulfone groups is 1.